The largest absolute Gasteiger partial charge is 0.511 e. The molecule has 0 amide bonds. The third kappa shape index (κ3) is 4.89. The van der Waals surface area contributed by atoms with Gasteiger partial charge in [0, 0.05) is 37.4 Å². The Morgan fingerprint density at radius 3 is 2.43 bits per heavy atom. The normalized spacial score (nSPS) is 18.9. The van der Waals surface area contributed by atoms with Gasteiger partial charge in [-0.1, -0.05) is 18.2 Å². The fourth-order valence-electron chi connectivity index (χ4n) is 3.39. The van der Waals surface area contributed by atoms with Crippen LogP contribution < -0.4 is 4.90 Å². The van der Waals surface area contributed by atoms with Gasteiger partial charge < -0.3 is 9.88 Å². The van der Waals surface area contributed by atoms with Crippen LogP contribution in [0.15, 0.2) is 36.8 Å². The van der Waals surface area contributed by atoms with Crippen LogP contribution in [0.1, 0.15) is 24.1 Å². The molecule has 1 N–H and O–H groups in total. The first-order valence-corrected chi connectivity index (χ1v) is 10.3. The molecule has 2 aromatic rings. The Morgan fingerprint density at radius 2 is 1.83 bits per heavy atom. The predicted octanol–water partition coefficient (Wildman–Crippen LogP) is 3.79. The van der Waals surface area contributed by atoms with E-state index in [0.29, 0.717) is 11.4 Å². The Balaban J connectivity index is 2.05. The number of alkyl halides is 6. The van der Waals surface area contributed by atoms with Crippen molar-refractivity contribution >= 4 is 15.7 Å². The van der Waals surface area contributed by atoms with Gasteiger partial charge in [0.2, 0.25) is 0 Å². The van der Waals surface area contributed by atoms with E-state index in [4.69, 9.17) is 0 Å². The van der Waals surface area contributed by atoms with E-state index < -0.39 is 53.7 Å². The van der Waals surface area contributed by atoms with Gasteiger partial charge in [0.15, 0.2) is 0 Å². The third-order valence-corrected chi connectivity index (χ3v) is 6.33. The van der Waals surface area contributed by atoms with Gasteiger partial charge in [-0.15, -0.1) is 0 Å². The van der Waals surface area contributed by atoms with Crippen LogP contribution in [0.2, 0.25) is 0 Å². The molecule has 0 fully saturated rings. The summed E-state index contributed by atoms with van der Waals surface area (Å²) in [5.74, 6) is 0. The van der Waals surface area contributed by atoms with Crippen LogP contribution in [0.5, 0.6) is 0 Å². The lowest BCUT2D eigenvalue weighted by Gasteiger charge is -2.34. The van der Waals surface area contributed by atoms with Crippen LogP contribution in [0.25, 0.3) is 0 Å². The van der Waals surface area contributed by atoms with Crippen molar-refractivity contribution in [1.29, 1.82) is 0 Å². The zero-order chi connectivity index (χ0) is 22.2. The van der Waals surface area contributed by atoms with Crippen molar-refractivity contribution in [2.45, 2.75) is 43.7 Å². The van der Waals surface area contributed by atoms with Crippen LogP contribution in [0.4, 0.5) is 32.0 Å². The summed E-state index contributed by atoms with van der Waals surface area (Å²) in [6.45, 7) is -1.31. The number of nitrogens with one attached hydrogen (secondary N) is 1. The number of aromatic nitrogens is 2. The molecule has 166 valence electrons. The Kier molecular flexibility index (Phi) is 6.05. The monoisotopic (exact) mass is 456 g/mol. The van der Waals surface area contributed by atoms with Gasteiger partial charge in [0.1, 0.15) is 0 Å². The molecule has 30 heavy (non-hydrogen) atoms. The summed E-state index contributed by atoms with van der Waals surface area (Å²) in [6, 6.07) is 4.99. The Morgan fingerprint density at radius 1 is 1.13 bits per heavy atom. The second-order valence-corrected chi connectivity index (χ2v) is 8.81. The first kappa shape index (κ1) is 22.4. The van der Waals surface area contributed by atoms with Gasteiger partial charge in [0.05, 0.1) is 18.6 Å². The zero-order valence-corrected chi connectivity index (χ0v) is 16.2. The Labute approximate surface area is 168 Å². The molecule has 1 aliphatic rings. The standard InChI is InChI=1S/C17H18F6N4O2S/c18-16(19,20)6-5-14-10-26(30(28,29)17(21,22)23)8-12-3-1-2-4-15(12)27(14)9-13-7-24-11-25-13/h1-4,7,11,14H,5-6,8-10H2,(H,24,25)/t14-/m0/s1. The maximum Gasteiger partial charge on any atom is 0.511 e. The van der Waals surface area contributed by atoms with Gasteiger partial charge >= 0.3 is 21.7 Å². The molecule has 13 heteroatoms. The topological polar surface area (TPSA) is 69.3 Å². The highest BCUT2D eigenvalue weighted by atomic mass is 32.2. The van der Waals surface area contributed by atoms with Crippen molar-refractivity contribution in [3.8, 4) is 0 Å². The molecule has 1 aromatic heterocycles. The lowest BCUT2D eigenvalue weighted by molar-refractivity contribution is -0.136. The Hall–Kier alpha value is -2.28. The number of anilines is 1. The summed E-state index contributed by atoms with van der Waals surface area (Å²) in [4.78, 5) is 8.15. The van der Waals surface area contributed by atoms with Gasteiger partial charge in [-0.3, -0.25) is 0 Å². The summed E-state index contributed by atoms with van der Waals surface area (Å²) < 4.78 is 103. The number of imidazole rings is 1. The van der Waals surface area contributed by atoms with E-state index in [1.807, 2.05) is 0 Å². The minimum absolute atomic E-state index is 0.0272. The van der Waals surface area contributed by atoms with E-state index in [1.165, 1.54) is 29.6 Å². The maximum atomic E-state index is 13.2. The molecule has 0 bridgehead atoms. The van der Waals surface area contributed by atoms with E-state index in [2.05, 4.69) is 9.97 Å². The summed E-state index contributed by atoms with van der Waals surface area (Å²) in [7, 11) is -5.73. The number of para-hydroxylation sites is 1. The quantitative estimate of drug-likeness (QED) is 0.696. The number of benzene rings is 1. The molecule has 6 nitrogen and oxygen atoms in total. The van der Waals surface area contributed by atoms with Crippen molar-refractivity contribution in [3.63, 3.8) is 0 Å². The average Bonchev–Trinajstić information content (AvgIpc) is 3.08. The second-order valence-electron chi connectivity index (χ2n) is 6.88. The van der Waals surface area contributed by atoms with Crippen molar-refractivity contribution in [2.24, 2.45) is 0 Å². The van der Waals surface area contributed by atoms with Crippen LogP contribution in [-0.2, 0) is 23.1 Å². The van der Waals surface area contributed by atoms with Crippen LogP contribution in [-0.4, -0.2) is 47.0 Å². The average molecular weight is 456 g/mol. The summed E-state index contributed by atoms with van der Waals surface area (Å²) in [5, 5.41) is 0. The predicted molar refractivity (Wildman–Crippen MR) is 95.7 cm³/mol. The van der Waals surface area contributed by atoms with Crippen molar-refractivity contribution in [2.75, 3.05) is 11.4 Å². The van der Waals surface area contributed by atoms with Crippen LogP contribution >= 0.6 is 0 Å². The molecule has 1 atom stereocenters. The highest BCUT2D eigenvalue weighted by molar-refractivity contribution is 7.89. The number of hydrogen-bond acceptors (Lipinski definition) is 4. The second kappa shape index (κ2) is 8.10. The first-order chi connectivity index (χ1) is 13.9. The van der Waals surface area contributed by atoms with E-state index in [9.17, 15) is 34.8 Å². The molecular weight excluding hydrogens is 438 g/mol. The van der Waals surface area contributed by atoms with E-state index in [-0.39, 0.29) is 16.4 Å². The van der Waals surface area contributed by atoms with Gasteiger partial charge in [0.25, 0.3) is 0 Å². The Bertz CT molecular complexity index is 959. The molecule has 0 spiro atoms. The summed E-state index contributed by atoms with van der Waals surface area (Å²) in [5.41, 5.74) is -4.40. The number of nitrogens with zero attached hydrogens (tertiary/aromatic N) is 3. The number of rotatable bonds is 5. The van der Waals surface area contributed by atoms with Crippen molar-refractivity contribution in [1.82, 2.24) is 14.3 Å². The SMILES string of the molecule is O=S(=O)(N1Cc2ccccc2N(Cc2cnc[nH]2)[C@@H](CCC(F)(F)F)C1)C(F)(F)F. The number of fused-ring (bicyclic) bond motifs is 1. The number of sulfonamides is 1. The minimum Gasteiger partial charge on any atom is -0.361 e. The smallest absolute Gasteiger partial charge is 0.361 e. The minimum atomic E-state index is -5.73. The van der Waals surface area contributed by atoms with Gasteiger partial charge in [-0.2, -0.15) is 30.6 Å². The fraction of sp³-hybridized carbons (Fsp3) is 0.471. The van der Waals surface area contributed by atoms with E-state index in [1.54, 1.807) is 12.1 Å². The molecule has 1 aromatic carbocycles. The van der Waals surface area contributed by atoms with Crippen LogP contribution in [0.3, 0.4) is 0 Å². The number of hydrogen-bond donors (Lipinski definition) is 1. The maximum absolute atomic E-state index is 13.2. The third-order valence-electron chi connectivity index (χ3n) is 4.79. The lowest BCUT2D eigenvalue weighted by atomic mass is 10.1. The lowest BCUT2D eigenvalue weighted by Crippen LogP contribution is -2.47. The number of H-pyrrole nitrogens is 1. The molecule has 0 radical (unpaired) electrons. The highest BCUT2D eigenvalue weighted by Crippen LogP contribution is 2.36. The zero-order valence-electron chi connectivity index (χ0n) is 15.4. The molecule has 0 unspecified atom stereocenters. The fourth-order valence-corrected chi connectivity index (χ4v) is 4.36. The van der Waals surface area contributed by atoms with Crippen LogP contribution in [0, 0.1) is 0 Å². The first-order valence-electron chi connectivity index (χ1n) is 8.83. The molecule has 3 rings (SSSR count). The van der Waals surface area contributed by atoms with E-state index in [0.717, 1.165) is 0 Å². The number of aromatic amines is 1. The summed E-state index contributed by atoms with van der Waals surface area (Å²) in [6.07, 6.45) is -3.57. The number of halogens is 6. The van der Waals surface area contributed by atoms with E-state index >= 15 is 0 Å². The van der Waals surface area contributed by atoms with Crippen molar-refractivity contribution < 1.29 is 34.8 Å². The molecule has 1 aliphatic heterocycles. The molecule has 0 saturated heterocycles. The highest BCUT2D eigenvalue weighted by Gasteiger charge is 2.51. The van der Waals surface area contributed by atoms with Gasteiger partial charge in [-0.05, 0) is 18.1 Å². The van der Waals surface area contributed by atoms with Gasteiger partial charge in [-0.25, -0.2) is 13.4 Å². The molecule has 0 aliphatic carbocycles. The molecule has 0 saturated carbocycles. The summed E-state index contributed by atoms with van der Waals surface area (Å²) >= 11 is 0. The molecular formula is C17H18F6N4O2S. The van der Waals surface area contributed by atoms with Crippen molar-refractivity contribution in [3.05, 3.63) is 48.0 Å². The molecule has 2 heterocycles.